The van der Waals surface area contributed by atoms with Crippen molar-refractivity contribution in [3.8, 4) is 5.75 Å². The van der Waals surface area contributed by atoms with E-state index in [2.05, 4.69) is 41.5 Å². The van der Waals surface area contributed by atoms with Gasteiger partial charge < -0.3 is 9.47 Å². The Morgan fingerprint density at radius 3 is 1.08 bits per heavy atom. The van der Waals surface area contributed by atoms with Crippen LogP contribution in [0.15, 0.2) is 0 Å². The van der Waals surface area contributed by atoms with Crippen molar-refractivity contribution >= 4 is 0 Å². The maximum atomic E-state index is 7.66. The molecular formula is C47H68O2. The van der Waals surface area contributed by atoms with Gasteiger partial charge in [0.1, 0.15) is 18.5 Å². The van der Waals surface area contributed by atoms with Crippen LogP contribution in [0.4, 0.5) is 0 Å². The summed E-state index contributed by atoms with van der Waals surface area (Å²) < 4.78 is 13.6. The Morgan fingerprint density at radius 1 is 0.469 bits per heavy atom. The van der Waals surface area contributed by atoms with Crippen molar-refractivity contribution in [2.75, 3.05) is 13.2 Å². The van der Waals surface area contributed by atoms with E-state index in [4.69, 9.17) is 9.47 Å². The highest BCUT2D eigenvalue weighted by Crippen LogP contribution is 2.71. The molecule has 12 saturated carbocycles. The van der Waals surface area contributed by atoms with Gasteiger partial charge in [-0.2, -0.15) is 0 Å². The Kier molecular flexibility index (Phi) is 6.52. The maximum Gasteiger partial charge on any atom is 0.127 e. The highest BCUT2D eigenvalue weighted by Gasteiger charge is 2.62. The standard InChI is InChI=1S/C47H68O2/c1-43(2,3)37-38(45-16-27-7-28(17-45)9-29(8-27)18-45)40(44(4,5)6)42(49-26-36-25-48-36)41(47-22-33-13-34(23-47)15-35(14-33)24-47)39(37)46-19-30-10-31(20-46)12-32(11-30)21-46/h27-36H,7-26H2,1-6H3. The smallest absolute Gasteiger partial charge is 0.127 e. The van der Waals surface area contributed by atoms with Crippen molar-refractivity contribution < 1.29 is 9.47 Å². The molecule has 1 atom stereocenters. The molecule has 1 saturated heterocycles. The second kappa shape index (κ2) is 10.1. The van der Waals surface area contributed by atoms with Crippen molar-refractivity contribution in [1.29, 1.82) is 0 Å². The zero-order valence-electron chi connectivity index (χ0n) is 32.2. The number of benzene rings is 1. The van der Waals surface area contributed by atoms with Crippen molar-refractivity contribution in [3.63, 3.8) is 0 Å². The molecule has 2 heteroatoms. The highest BCUT2D eigenvalue weighted by molar-refractivity contribution is 5.67. The first-order valence-corrected chi connectivity index (χ1v) is 21.8. The van der Waals surface area contributed by atoms with E-state index in [1.54, 1.807) is 5.56 Å². The number of ether oxygens (including phenoxy) is 2. The second-order valence-electron chi connectivity index (χ2n) is 23.6. The van der Waals surface area contributed by atoms with Crippen LogP contribution in [0.3, 0.4) is 0 Å². The Bertz CT molecular complexity index is 1430. The minimum atomic E-state index is 0.0372. The highest BCUT2D eigenvalue weighted by atomic mass is 16.6. The van der Waals surface area contributed by atoms with E-state index in [9.17, 15) is 0 Å². The molecule has 0 amide bonds. The van der Waals surface area contributed by atoms with Crippen molar-refractivity contribution in [2.45, 2.75) is 190 Å². The Hall–Kier alpha value is -1.02. The molecule has 12 bridgehead atoms. The fraction of sp³-hybridized carbons (Fsp3) is 0.872. The zero-order valence-corrected chi connectivity index (χ0v) is 32.2. The zero-order chi connectivity index (χ0) is 33.3. The molecule has 2 nitrogen and oxygen atoms in total. The summed E-state index contributed by atoms with van der Waals surface area (Å²) in [4.78, 5) is 0. The second-order valence-corrected chi connectivity index (χ2v) is 23.6. The lowest BCUT2D eigenvalue weighted by molar-refractivity contribution is -0.0208. The summed E-state index contributed by atoms with van der Waals surface area (Å²) in [5.74, 6) is 9.98. The van der Waals surface area contributed by atoms with Crippen LogP contribution in [0.25, 0.3) is 0 Å². The van der Waals surface area contributed by atoms with Crippen molar-refractivity contribution in [3.05, 3.63) is 27.8 Å². The molecule has 1 aliphatic heterocycles. The fourth-order valence-electron chi connectivity index (χ4n) is 17.5. The summed E-state index contributed by atoms with van der Waals surface area (Å²) in [6, 6.07) is 0. The molecule has 1 aromatic carbocycles. The van der Waals surface area contributed by atoms with Gasteiger partial charge in [0.25, 0.3) is 0 Å². The molecule has 12 aliphatic carbocycles. The number of hydrogen-bond donors (Lipinski definition) is 0. The Balaban J connectivity index is 1.27. The van der Waals surface area contributed by atoms with Gasteiger partial charge in [0.05, 0.1) is 6.61 Å². The van der Waals surface area contributed by atoms with Crippen LogP contribution in [0.1, 0.15) is 185 Å². The minimum Gasteiger partial charge on any atom is -0.490 e. The summed E-state index contributed by atoms with van der Waals surface area (Å²) in [5, 5.41) is 0. The van der Waals surface area contributed by atoms with Crippen molar-refractivity contribution in [1.82, 2.24) is 0 Å². The fourth-order valence-corrected chi connectivity index (χ4v) is 17.5. The summed E-state index contributed by atoms with van der Waals surface area (Å²) in [7, 11) is 0. The van der Waals surface area contributed by atoms with Crippen LogP contribution in [-0.2, 0) is 31.8 Å². The van der Waals surface area contributed by atoms with Crippen LogP contribution >= 0.6 is 0 Å². The van der Waals surface area contributed by atoms with E-state index >= 15 is 0 Å². The third kappa shape index (κ3) is 4.72. The van der Waals surface area contributed by atoms with E-state index < -0.39 is 0 Å². The van der Waals surface area contributed by atoms with Gasteiger partial charge in [-0.25, -0.2) is 0 Å². The van der Waals surface area contributed by atoms with Crippen LogP contribution in [0.5, 0.6) is 5.75 Å². The van der Waals surface area contributed by atoms with Crippen LogP contribution < -0.4 is 4.74 Å². The summed E-state index contributed by atoms with van der Waals surface area (Å²) in [6.07, 6.45) is 27.1. The average molecular weight is 665 g/mol. The van der Waals surface area contributed by atoms with Gasteiger partial charge in [-0.15, -0.1) is 0 Å². The quantitative estimate of drug-likeness (QED) is 0.282. The van der Waals surface area contributed by atoms with E-state index in [0.717, 1.165) is 66.5 Å². The van der Waals surface area contributed by atoms with E-state index in [1.165, 1.54) is 121 Å². The molecule has 0 spiro atoms. The molecule has 268 valence electrons. The van der Waals surface area contributed by atoms with Gasteiger partial charge in [-0.05, 0) is 207 Å². The van der Waals surface area contributed by atoms with Gasteiger partial charge in [0.2, 0.25) is 0 Å². The summed E-state index contributed by atoms with van der Waals surface area (Å²) >= 11 is 0. The first-order valence-electron chi connectivity index (χ1n) is 21.8. The van der Waals surface area contributed by atoms with Crippen LogP contribution in [0.2, 0.25) is 0 Å². The molecule has 1 heterocycles. The molecule has 1 aromatic rings. The van der Waals surface area contributed by atoms with Gasteiger partial charge in [-0.3, -0.25) is 0 Å². The molecular weight excluding hydrogens is 597 g/mol. The lowest BCUT2D eigenvalue weighted by atomic mass is 9.41. The topological polar surface area (TPSA) is 21.8 Å². The molecule has 13 aliphatic rings. The van der Waals surface area contributed by atoms with Crippen molar-refractivity contribution in [2.24, 2.45) is 53.3 Å². The molecule has 0 aromatic heterocycles. The Morgan fingerprint density at radius 2 is 0.776 bits per heavy atom. The maximum absolute atomic E-state index is 7.66. The predicted molar refractivity (Wildman–Crippen MR) is 199 cm³/mol. The molecule has 1 unspecified atom stereocenters. The first kappa shape index (κ1) is 31.5. The molecule has 49 heavy (non-hydrogen) atoms. The first-order chi connectivity index (χ1) is 23.3. The van der Waals surface area contributed by atoms with Crippen LogP contribution in [0, 0.1) is 53.3 Å². The largest absolute Gasteiger partial charge is 0.490 e. The molecule has 14 rings (SSSR count). The third-order valence-corrected chi connectivity index (χ3v) is 17.5. The third-order valence-electron chi connectivity index (χ3n) is 17.5. The summed E-state index contributed by atoms with van der Waals surface area (Å²) in [5.41, 5.74) is 10.5. The molecule has 0 radical (unpaired) electrons. The summed E-state index contributed by atoms with van der Waals surface area (Å²) in [6.45, 7) is 17.4. The van der Waals surface area contributed by atoms with Gasteiger partial charge in [-0.1, -0.05) is 41.5 Å². The van der Waals surface area contributed by atoms with E-state index in [1.807, 2.05) is 22.3 Å². The van der Waals surface area contributed by atoms with Gasteiger partial charge in [0, 0.05) is 16.5 Å². The van der Waals surface area contributed by atoms with Gasteiger partial charge in [0.15, 0.2) is 0 Å². The monoisotopic (exact) mass is 665 g/mol. The number of epoxide rings is 1. The molecule has 0 N–H and O–H groups in total. The minimum absolute atomic E-state index is 0.0372. The van der Waals surface area contributed by atoms with E-state index in [-0.39, 0.29) is 10.8 Å². The predicted octanol–water partition coefficient (Wildman–Crippen LogP) is 11.5. The lowest BCUT2D eigenvalue weighted by Crippen LogP contribution is -2.55. The lowest BCUT2D eigenvalue weighted by Gasteiger charge is -2.63. The molecule has 13 fully saturated rings. The number of hydrogen-bond acceptors (Lipinski definition) is 2. The van der Waals surface area contributed by atoms with Gasteiger partial charge >= 0.3 is 0 Å². The number of rotatable bonds is 6. The average Bonchev–Trinajstić information content (AvgIpc) is 3.80. The normalized spacial score (nSPS) is 48.5. The van der Waals surface area contributed by atoms with Crippen LogP contribution in [-0.4, -0.2) is 19.3 Å². The SMILES string of the molecule is CC(C)(C)c1c(OCC2CO2)c(C23CC4CC(CC(C4)C2)C3)c(C23CC4CC(CC(C4)C2)C3)c(C(C)(C)C)c1C12CC3CC(CC(C3)C1)C2. The van der Waals surface area contributed by atoms with E-state index in [0.29, 0.717) is 22.3 Å². The Labute approximate surface area is 299 Å².